The van der Waals surface area contributed by atoms with E-state index in [9.17, 15) is 9.59 Å². The molecule has 20 heavy (non-hydrogen) atoms. The smallest absolute Gasteiger partial charge is 0.341 e. The molecule has 0 saturated carbocycles. The molecule has 1 aromatic rings. The Bertz CT molecular complexity index is 518. The van der Waals surface area contributed by atoms with E-state index in [1.165, 1.54) is 11.3 Å². The Morgan fingerprint density at radius 3 is 2.85 bits per heavy atom. The van der Waals surface area contributed by atoms with Gasteiger partial charge in [-0.1, -0.05) is 0 Å². The number of thioether (sulfide) groups is 1. The summed E-state index contributed by atoms with van der Waals surface area (Å²) in [6, 6.07) is 1.77. The lowest BCUT2D eigenvalue weighted by Gasteiger charge is -2.21. The van der Waals surface area contributed by atoms with Crippen molar-refractivity contribution in [2.75, 3.05) is 17.7 Å². The molecule has 2 rings (SSSR count). The van der Waals surface area contributed by atoms with Crippen molar-refractivity contribution < 1.29 is 14.3 Å². The second-order valence-electron chi connectivity index (χ2n) is 4.96. The Balaban J connectivity index is 2.16. The van der Waals surface area contributed by atoms with Gasteiger partial charge in [0.05, 0.1) is 16.9 Å². The highest BCUT2D eigenvalue weighted by Gasteiger charge is 2.37. The first kappa shape index (κ1) is 15.4. The van der Waals surface area contributed by atoms with Crippen molar-refractivity contribution in [3.05, 3.63) is 16.5 Å². The lowest BCUT2D eigenvalue weighted by atomic mass is 10.1. The maximum absolute atomic E-state index is 12.4. The number of anilines is 1. The fraction of sp³-hybridized carbons (Fsp3) is 0.571. The van der Waals surface area contributed by atoms with E-state index in [1.807, 2.05) is 13.8 Å². The molecular formula is C14H19NO3S2. The molecule has 4 nitrogen and oxygen atoms in total. The zero-order chi connectivity index (χ0) is 14.8. The number of thiophene rings is 1. The van der Waals surface area contributed by atoms with E-state index in [4.69, 9.17) is 4.74 Å². The summed E-state index contributed by atoms with van der Waals surface area (Å²) >= 11 is 3.09. The molecule has 0 bridgehead atoms. The first-order chi connectivity index (χ1) is 9.46. The third-order valence-corrected chi connectivity index (χ3v) is 5.76. The van der Waals surface area contributed by atoms with Crippen LogP contribution in [0.15, 0.2) is 6.07 Å². The average molecular weight is 313 g/mol. The summed E-state index contributed by atoms with van der Waals surface area (Å²) in [5.74, 6) is 0.613. The van der Waals surface area contributed by atoms with Gasteiger partial charge in [-0.15, -0.1) is 23.1 Å². The minimum absolute atomic E-state index is 0.0209. The van der Waals surface area contributed by atoms with Crippen molar-refractivity contribution in [3.63, 3.8) is 0 Å². The molecule has 1 fully saturated rings. The Labute approximate surface area is 127 Å². The van der Waals surface area contributed by atoms with Crippen molar-refractivity contribution in [3.8, 4) is 0 Å². The minimum Gasteiger partial charge on any atom is -0.462 e. The average Bonchev–Trinajstić information content (AvgIpc) is 2.97. The molecule has 1 aromatic heterocycles. The van der Waals surface area contributed by atoms with Crippen LogP contribution in [0.25, 0.3) is 0 Å². The van der Waals surface area contributed by atoms with Gasteiger partial charge in [0.2, 0.25) is 5.91 Å². The van der Waals surface area contributed by atoms with Crippen LogP contribution < -0.4 is 5.32 Å². The van der Waals surface area contributed by atoms with Gasteiger partial charge < -0.3 is 10.1 Å². The largest absolute Gasteiger partial charge is 0.462 e. The molecule has 6 heteroatoms. The summed E-state index contributed by atoms with van der Waals surface area (Å²) in [4.78, 5) is 25.3. The van der Waals surface area contributed by atoms with Crippen molar-refractivity contribution in [2.45, 2.75) is 38.4 Å². The topological polar surface area (TPSA) is 55.4 Å². The zero-order valence-electron chi connectivity index (χ0n) is 11.9. The van der Waals surface area contributed by atoms with E-state index in [0.717, 1.165) is 23.5 Å². The predicted molar refractivity (Wildman–Crippen MR) is 83.7 cm³/mol. The van der Waals surface area contributed by atoms with Crippen molar-refractivity contribution in [1.29, 1.82) is 0 Å². The van der Waals surface area contributed by atoms with E-state index >= 15 is 0 Å². The maximum Gasteiger partial charge on any atom is 0.341 e. The van der Waals surface area contributed by atoms with Crippen LogP contribution in [0.3, 0.4) is 0 Å². The molecule has 1 saturated heterocycles. The van der Waals surface area contributed by atoms with Crippen LogP contribution in [-0.2, 0) is 9.53 Å². The monoisotopic (exact) mass is 313 g/mol. The Morgan fingerprint density at radius 1 is 1.50 bits per heavy atom. The van der Waals surface area contributed by atoms with Crippen LogP contribution >= 0.6 is 23.1 Å². The molecule has 1 aliphatic heterocycles. The second kappa shape index (κ2) is 6.18. The van der Waals surface area contributed by atoms with Gasteiger partial charge in [-0.05, 0) is 45.4 Å². The van der Waals surface area contributed by atoms with E-state index in [2.05, 4.69) is 5.32 Å². The molecular weight excluding hydrogens is 294 g/mol. The molecule has 110 valence electrons. The number of rotatable bonds is 4. The van der Waals surface area contributed by atoms with Crippen molar-refractivity contribution >= 4 is 40.0 Å². The summed E-state index contributed by atoms with van der Waals surface area (Å²) in [5.41, 5.74) is 0.453. The van der Waals surface area contributed by atoms with Crippen LogP contribution in [0.2, 0.25) is 0 Å². The Kier molecular flexibility index (Phi) is 4.75. The lowest BCUT2D eigenvalue weighted by Crippen LogP contribution is -2.34. The number of carbonyl (C=O) groups is 2. The normalized spacial score (nSPS) is 21.8. The fourth-order valence-corrected chi connectivity index (χ4v) is 4.27. The molecule has 0 aliphatic carbocycles. The molecule has 1 aliphatic rings. The highest BCUT2D eigenvalue weighted by atomic mass is 32.2. The van der Waals surface area contributed by atoms with E-state index in [-0.39, 0.29) is 16.6 Å². The number of esters is 1. The summed E-state index contributed by atoms with van der Waals surface area (Å²) in [6.45, 7) is 5.97. The maximum atomic E-state index is 12.4. The molecule has 1 atom stereocenters. The van der Waals surface area contributed by atoms with Crippen LogP contribution in [0, 0.1) is 6.92 Å². The number of carbonyl (C=O) groups excluding carboxylic acids is 2. The second-order valence-corrected chi connectivity index (χ2v) is 7.81. The summed E-state index contributed by atoms with van der Waals surface area (Å²) in [5, 5.41) is 3.51. The van der Waals surface area contributed by atoms with Gasteiger partial charge in [-0.2, -0.15) is 0 Å². The lowest BCUT2D eigenvalue weighted by molar-refractivity contribution is -0.118. The van der Waals surface area contributed by atoms with Crippen LogP contribution in [-0.4, -0.2) is 29.0 Å². The van der Waals surface area contributed by atoms with Gasteiger partial charge in [0.1, 0.15) is 5.00 Å². The third kappa shape index (κ3) is 3.17. The number of aryl methyl sites for hydroxylation is 1. The van der Waals surface area contributed by atoms with Crippen LogP contribution in [0.4, 0.5) is 5.00 Å². The van der Waals surface area contributed by atoms with Crippen molar-refractivity contribution in [2.24, 2.45) is 0 Å². The van der Waals surface area contributed by atoms with Gasteiger partial charge >= 0.3 is 5.97 Å². The number of hydrogen-bond acceptors (Lipinski definition) is 5. The van der Waals surface area contributed by atoms with Crippen molar-refractivity contribution in [1.82, 2.24) is 0 Å². The third-order valence-electron chi connectivity index (χ3n) is 3.28. The highest BCUT2D eigenvalue weighted by molar-refractivity contribution is 8.01. The van der Waals surface area contributed by atoms with Gasteiger partial charge in [0.15, 0.2) is 0 Å². The van der Waals surface area contributed by atoms with E-state index < -0.39 is 0 Å². The zero-order valence-corrected chi connectivity index (χ0v) is 13.6. The van der Waals surface area contributed by atoms with E-state index in [1.54, 1.807) is 24.8 Å². The van der Waals surface area contributed by atoms with Gasteiger partial charge in [0, 0.05) is 4.88 Å². The minimum atomic E-state index is -0.385. The first-order valence-corrected chi connectivity index (χ1v) is 8.49. The van der Waals surface area contributed by atoms with Gasteiger partial charge in [0.25, 0.3) is 0 Å². The Morgan fingerprint density at radius 2 is 2.25 bits per heavy atom. The van der Waals surface area contributed by atoms with E-state index in [0.29, 0.717) is 17.2 Å². The first-order valence-electron chi connectivity index (χ1n) is 6.69. The molecule has 1 unspecified atom stereocenters. The van der Waals surface area contributed by atoms with Crippen LogP contribution in [0.1, 0.15) is 41.9 Å². The highest BCUT2D eigenvalue weighted by Crippen LogP contribution is 2.39. The van der Waals surface area contributed by atoms with Gasteiger partial charge in [-0.25, -0.2) is 4.79 Å². The summed E-state index contributed by atoms with van der Waals surface area (Å²) in [6.07, 6.45) is 1.94. The molecule has 0 aromatic carbocycles. The summed E-state index contributed by atoms with van der Waals surface area (Å²) < 4.78 is 4.64. The van der Waals surface area contributed by atoms with Crippen LogP contribution in [0.5, 0.6) is 0 Å². The SMILES string of the molecule is CCOC(=O)c1cc(C)sc1NC(=O)C1(C)CCCS1. The number of hydrogen-bond donors (Lipinski definition) is 1. The molecule has 1 amide bonds. The number of ether oxygens (including phenoxy) is 1. The fourth-order valence-electron chi connectivity index (χ4n) is 2.16. The predicted octanol–water partition coefficient (Wildman–Crippen LogP) is 3.46. The molecule has 0 spiro atoms. The Hall–Kier alpha value is -1.01. The standard InChI is InChI=1S/C14H19NO3S2/c1-4-18-12(16)10-8-9(2)20-11(10)15-13(17)14(3)6-5-7-19-14/h8H,4-7H2,1-3H3,(H,15,17). The number of amides is 1. The molecule has 2 heterocycles. The van der Waals surface area contributed by atoms with Gasteiger partial charge in [-0.3, -0.25) is 4.79 Å². The summed E-state index contributed by atoms with van der Waals surface area (Å²) in [7, 11) is 0. The number of nitrogens with one attached hydrogen (secondary N) is 1. The molecule has 1 N–H and O–H groups in total. The quantitative estimate of drug-likeness (QED) is 0.865. The molecule has 0 radical (unpaired) electrons.